The van der Waals surface area contributed by atoms with Gasteiger partial charge in [0.15, 0.2) is 5.78 Å². The number of hydrogen-bond acceptors (Lipinski definition) is 2. The first-order chi connectivity index (χ1) is 5.20. The van der Waals surface area contributed by atoms with Crippen molar-refractivity contribution in [1.29, 1.82) is 0 Å². The van der Waals surface area contributed by atoms with Crippen molar-refractivity contribution >= 4 is 11.6 Å². The fourth-order valence-electron chi connectivity index (χ4n) is 0.672. The van der Waals surface area contributed by atoms with Gasteiger partial charge in [-0.3, -0.25) is 9.59 Å². The number of ketones is 2. The quantitative estimate of drug-likeness (QED) is 0.341. The third-order valence-corrected chi connectivity index (χ3v) is 1.10. The van der Waals surface area contributed by atoms with Gasteiger partial charge in [0.25, 0.3) is 0 Å². The molecule has 11 heavy (non-hydrogen) atoms. The molecule has 0 saturated carbocycles. The van der Waals surface area contributed by atoms with Gasteiger partial charge in [0.05, 0.1) is 6.42 Å². The Hall–Kier alpha value is -1.18. The first-order valence-corrected chi connectivity index (χ1v) is 3.48. The molecule has 0 radical (unpaired) electrons. The number of carbonyl (C=O) groups excluding carboxylic acids is 2. The number of rotatable bonds is 5. The summed E-state index contributed by atoms with van der Waals surface area (Å²) in [5, 5.41) is 0. The van der Waals surface area contributed by atoms with Crippen LogP contribution in [-0.4, -0.2) is 11.6 Å². The van der Waals surface area contributed by atoms with Crippen LogP contribution in [0.25, 0.3) is 0 Å². The van der Waals surface area contributed by atoms with E-state index in [1.807, 2.05) is 0 Å². The molecule has 0 amide bonds. The highest BCUT2D eigenvalue weighted by molar-refractivity contribution is 6.04. The number of carbonyl (C=O) groups is 2. The van der Waals surface area contributed by atoms with Crippen LogP contribution < -0.4 is 0 Å². The second-order valence-electron chi connectivity index (χ2n) is 2.17. The van der Waals surface area contributed by atoms with Crippen molar-refractivity contribution in [3.63, 3.8) is 0 Å². The third kappa shape index (κ3) is 5.27. The van der Waals surface area contributed by atoms with Crippen LogP contribution in [0.4, 0.5) is 0 Å². The van der Waals surface area contributed by atoms with Gasteiger partial charge in [-0.05, 0) is 13.0 Å². The van der Waals surface area contributed by atoms with Crippen molar-refractivity contribution < 1.29 is 9.59 Å². The van der Waals surface area contributed by atoms with E-state index >= 15 is 0 Å². The first kappa shape index (κ1) is 9.82. The van der Waals surface area contributed by atoms with Crippen LogP contribution in [-0.2, 0) is 9.59 Å². The molecule has 0 aromatic carbocycles. The minimum atomic E-state index is -0.139. The SMILES string of the molecule is C=CCC(=O)CC(=O)/C=C/C. The van der Waals surface area contributed by atoms with Crippen LogP contribution in [0.1, 0.15) is 19.8 Å². The maximum Gasteiger partial charge on any atom is 0.162 e. The summed E-state index contributed by atoms with van der Waals surface area (Å²) in [6.45, 7) is 5.15. The Balaban J connectivity index is 3.75. The van der Waals surface area contributed by atoms with Gasteiger partial charge >= 0.3 is 0 Å². The third-order valence-electron chi connectivity index (χ3n) is 1.10. The minimum absolute atomic E-state index is 0.00361. The summed E-state index contributed by atoms with van der Waals surface area (Å²) in [6, 6.07) is 0. The maximum atomic E-state index is 10.8. The predicted octanol–water partition coefficient (Wildman–Crippen LogP) is 1.67. The van der Waals surface area contributed by atoms with Crippen LogP contribution >= 0.6 is 0 Å². The lowest BCUT2D eigenvalue weighted by Gasteiger charge is -1.90. The highest BCUT2D eigenvalue weighted by Gasteiger charge is 2.03. The topological polar surface area (TPSA) is 34.1 Å². The highest BCUT2D eigenvalue weighted by atomic mass is 16.1. The molecule has 0 aromatic heterocycles. The molecule has 0 rings (SSSR count). The number of Topliss-reactive ketones (excluding diaryl/α,β-unsaturated/α-hetero) is 1. The summed E-state index contributed by atoms with van der Waals surface area (Å²) in [4.78, 5) is 21.6. The van der Waals surface area contributed by atoms with E-state index in [4.69, 9.17) is 0 Å². The van der Waals surface area contributed by atoms with Crippen LogP contribution in [0, 0.1) is 0 Å². The van der Waals surface area contributed by atoms with Gasteiger partial charge < -0.3 is 0 Å². The molecule has 0 saturated heterocycles. The molecule has 0 heterocycles. The van der Waals surface area contributed by atoms with Gasteiger partial charge in [0.1, 0.15) is 5.78 Å². The van der Waals surface area contributed by atoms with Crippen molar-refractivity contribution in [1.82, 2.24) is 0 Å². The molecule has 60 valence electrons. The molecule has 2 nitrogen and oxygen atoms in total. The first-order valence-electron chi connectivity index (χ1n) is 3.48. The fraction of sp³-hybridized carbons (Fsp3) is 0.333. The van der Waals surface area contributed by atoms with Gasteiger partial charge in [-0.15, -0.1) is 6.58 Å². The Labute approximate surface area is 66.6 Å². The summed E-state index contributed by atoms with van der Waals surface area (Å²) < 4.78 is 0. The average molecular weight is 152 g/mol. The molecule has 0 aliphatic heterocycles. The lowest BCUT2D eigenvalue weighted by molar-refractivity contribution is -0.124. The monoisotopic (exact) mass is 152 g/mol. The molecule has 0 aliphatic rings. The van der Waals surface area contributed by atoms with Crippen LogP contribution in [0.15, 0.2) is 24.8 Å². The van der Waals surface area contributed by atoms with Crippen LogP contribution in [0.5, 0.6) is 0 Å². The van der Waals surface area contributed by atoms with Gasteiger partial charge in [0, 0.05) is 6.42 Å². The smallest absolute Gasteiger partial charge is 0.162 e. The molecule has 0 N–H and O–H groups in total. The highest BCUT2D eigenvalue weighted by Crippen LogP contribution is 1.93. The fourth-order valence-corrected chi connectivity index (χ4v) is 0.672. The van der Waals surface area contributed by atoms with Gasteiger partial charge in [0.2, 0.25) is 0 Å². The molecular formula is C9H12O2. The van der Waals surface area contributed by atoms with Gasteiger partial charge in [-0.25, -0.2) is 0 Å². The molecule has 2 heteroatoms. The van der Waals surface area contributed by atoms with E-state index < -0.39 is 0 Å². The average Bonchev–Trinajstić information content (AvgIpc) is 1.87. The molecule has 0 atom stereocenters. The zero-order valence-corrected chi connectivity index (χ0v) is 6.67. The van der Waals surface area contributed by atoms with E-state index in [1.54, 1.807) is 13.0 Å². The molecule has 0 aromatic rings. The Bertz CT molecular complexity index is 190. The summed E-state index contributed by atoms with van der Waals surface area (Å²) >= 11 is 0. The van der Waals surface area contributed by atoms with Gasteiger partial charge in [-0.1, -0.05) is 12.2 Å². The zero-order chi connectivity index (χ0) is 8.69. The summed E-state index contributed by atoms with van der Waals surface area (Å²) in [5.41, 5.74) is 0. The van der Waals surface area contributed by atoms with E-state index in [-0.39, 0.29) is 24.4 Å². The van der Waals surface area contributed by atoms with Crippen molar-refractivity contribution in [3.05, 3.63) is 24.8 Å². The maximum absolute atomic E-state index is 10.8. The molecule has 0 spiro atoms. The van der Waals surface area contributed by atoms with E-state index in [1.165, 1.54) is 12.2 Å². The Kier molecular flexibility index (Phi) is 4.99. The normalized spacial score (nSPS) is 9.91. The lowest BCUT2D eigenvalue weighted by Crippen LogP contribution is -2.03. The van der Waals surface area contributed by atoms with Crippen molar-refractivity contribution in [2.75, 3.05) is 0 Å². The zero-order valence-electron chi connectivity index (χ0n) is 6.67. The Morgan fingerprint density at radius 1 is 1.45 bits per heavy atom. The number of hydrogen-bond donors (Lipinski definition) is 0. The predicted molar refractivity (Wildman–Crippen MR) is 44.3 cm³/mol. The van der Waals surface area contributed by atoms with E-state index in [0.29, 0.717) is 0 Å². The molecule has 0 fully saturated rings. The van der Waals surface area contributed by atoms with Crippen LogP contribution in [0.3, 0.4) is 0 Å². The van der Waals surface area contributed by atoms with E-state index in [9.17, 15) is 9.59 Å². The van der Waals surface area contributed by atoms with Crippen molar-refractivity contribution in [2.45, 2.75) is 19.8 Å². The Morgan fingerprint density at radius 3 is 2.55 bits per heavy atom. The lowest BCUT2D eigenvalue weighted by atomic mass is 10.1. The second kappa shape index (κ2) is 5.59. The second-order valence-corrected chi connectivity index (χ2v) is 2.17. The summed E-state index contributed by atoms with van der Waals surface area (Å²) in [7, 11) is 0. The van der Waals surface area contributed by atoms with E-state index in [0.717, 1.165) is 0 Å². The van der Waals surface area contributed by atoms with Crippen LogP contribution in [0.2, 0.25) is 0 Å². The van der Waals surface area contributed by atoms with Crippen molar-refractivity contribution in [2.24, 2.45) is 0 Å². The molecule has 0 unspecified atom stereocenters. The number of allylic oxidation sites excluding steroid dienone is 3. The van der Waals surface area contributed by atoms with E-state index in [2.05, 4.69) is 6.58 Å². The molecular weight excluding hydrogens is 140 g/mol. The molecule has 0 aliphatic carbocycles. The minimum Gasteiger partial charge on any atom is -0.299 e. The van der Waals surface area contributed by atoms with Gasteiger partial charge in [-0.2, -0.15) is 0 Å². The largest absolute Gasteiger partial charge is 0.299 e. The standard InChI is InChI=1S/C9H12O2/c1-3-5-8(10)7-9(11)6-4-2/h3-4,6H,1,5,7H2,2H3/b6-4+. The molecule has 0 bridgehead atoms. The summed E-state index contributed by atoms with van der Waals surface area (Å²) in [6.07, 6.45) is 4.81. The van der Waals surface area contributed by atoms with Crippen molar-refractivity contribution in [3.8, 4) is 0 Å². The summed E-state index contributed by atoms with van der Waals surface area (Å²) in [5.74, 6) is -0.220. The Morgan fingerprint density at radius 2 is 2.09 bits per heavy atom.